The summed E-state index contributed by atoms with van der Waals surface area (Å²) in [4.78, 5) is 0. The molecule has 0 bridgehead atoms. The average molecular weight is 185 g/mol. The molecule has 0 unspecified atom stereocenters. The van der Waals surface area contributed by atoms with Crippen LogP contribution in [-0.4, -0.2) is 31.5 Å². The van der Waals surface area contributed by atoms with E-state index in [1.807, 2.05) is 0 Å². The van der Waals surface area contributed by atoms with Crippen molar-refractivity contribution < 1.29 is 0 Å². The monoisotopic (exact) mass is 184 g/mol. The number of hydrogen-bond acceptors (Lipinski definition) is 2. The molecule has 0 amide bonds. The fourth-order valence-electron chi connectivity index (χ4n) is 0.765. The lowest BCUT2D eigenvalue weighted by Crippen LogP contribution is -2.21. The van der Waals surface area contributed by atoms with Gasteiger partial charge >= 0.3 is 0 Å². The van der Waals surface area contributed by atoms with Gasteiger partial charge in [0.2, 0.25) is 0 Å². The van der Waals surface area contributed by atoms with E-state index < -0.39 is 0 Å². The van der Waals surface area contributed by atoms with Crippen LogP contribution in [0.1, 0.15) is 6.42 Å². The fourth-order valence-corrected chi connectivity index (χ4v) is 0.765. The smallest absolute Gasteiger partial charge is 0.0967 e. The number of halogens is 2. The quantitative estimate of drug-likeness (QED) is 0.550. The van der Waals surface area contributed by atoms with Gasteiger partial charge in [-0.25, -0.2) is 0 Å². The van der Waals surface area contributed by atoms with Crippen molar-refractivity contribution in [2.75, 3.05) is 31.5 Å². The maximum atomic E-state index is 4.76. The largest absolute Gasteiger partial charge is 0.315 e. The molecule has 0 radical (unpaired) electrons. The second-order valence-corrected chi connectivity index (χ2v) is 2.76. The first-order chi connectivity index (χ1) is 4.91. The van der Waals surface area contributed by atoms with Crippen LogP contribution in [0.2, 0.25) is 0 Å². The van der Waals surface area contributed by atoms with E-state index in [1.54, 1.807) is 0 Å². The van der Waals surface area contributed by atoms with Gasteiger partial charge in [0.25, 0.3) is 0 Å². The second-order valence-electron chi connectivity index (χ2n) is 1.95. The molecule has 0 aromatic rings. The zero-order valence-electron chi connectivity index (χ0n) is 6.00. The van der Waals surface area contributed by atoms with Crippen LogP contribution in [0.4, 0.5) is 0 Å². The summed E-state index contributed by atoms with van der Waals surface area (Å²) in [6.07, 6.45) is 1.28. The van der Waals surface area contributed by atoms with E-state index >= 15 is 0 Å². The molecule has 0 aliphatic carbocycles. The van der Waals surface area contributed by atoms with Crippen molar-refractivity contribution in [3.05, 3.63) is 0 Å². The van der Waals surface area contributed by atoms with Crippen LogP contribution in [0.25, 0.3) is 0 Å². The highest BCUT2D eigenvalue weighted by atomic mass is 35.5. The Kier molecular flexibility index (Phi) is 9.97. The lowest BCUT2D eigenvalue weighted by molar-refractivity contribution is 0.718. The van der Waals surface area contributed by atoms with Crippen LogP contribution < -0.4 is 10.6 Å². The van der Waals surface area contributed by atoms with Crippen molar-refractivity contribution in [3.63, 3.8) is 0 Å². The summed E-state index contributed by atoms with van der Waals surface area (Å²) in [7, 11) is 0. The van der Waals surface area contributed by atoms with Gasteiger partial charge in [-0.05, 0) is 19.5 Å². The summed E-state index contributed by atoms with van der Waals surface area (Å²) in [6.45, 7) is 4.65. The van der Waals surface area contributed by atoms with Crippen molar-refractivity contribution in [1.29, 1.82) is 0 Å². The molecule has 4 heteroatoms. The molecule has 1 heterocycles. The summed E-state index contributed by atoms with van der Waals surface area (Å²) < 4.78 is 0. The fraction of sp³-hybridized carbons (Fsp3) is 1.00. The summed E-state index contributed by atoms with van der Waals surface area (Å²) >= 11 is 9.53. The first-order valence-electron chi connectivity index (χ1n) is 3.45. The van der Waals surface area contributed by atoms with Crippen LogP contribution in [-0.2, 0) is 0 Å². The Morgan fingerprint density at radius 3 is 1.70 bits per heavy atom. The first kappa shape index (κ1) is 10.5. The molecule has 2 N–H and O–H groups in total. The highest BCUT2D eigenvalue weighted by Gasteiger charge is 1.92. The molecule has 62 valence electrons. The van der Waals surface area contributed by atoms with Gasteiger partial charge in [0, 0.05) is 13.1 Å². The minimum absolute atomic E-state index is 0.194. The molecule has 1 aliphatic rings. The summed E-state index contributed by atoms with van der Waals surface area (Å²) in [6, 6.07) is 0. The first-order valence-corrected chi connectivity index (χ1v) is 4.52. The number of hydrogen-bond donors (Lipinski definition) is 2. The van der Waals surface area contributed by atoms with Gasteiger partial charge in [-0.2, -0.15) is 0 Å². The van der Waals surface area contributed by atoms with Crippen LogP contribution in [0.5, 0.6) is 0 Å². The van der Waals surface area contributed by atoms with Gasteiger partial charge in [0.05, 0.1) is 5.34 Å². The zero-order valence-corrected chi connectivity index (χ0v) is 7.51. The second kappa shape index (κ2) is 9.50. The van der Waals surface area contributed by atoms with Crippen molar-refractivity contribution in [2.45, 2.75) is 6.42 Å². The van der Waals surface area contributed by atoms with Gasteiger partial charge in [0.1, 0.15) is 0 Å². The van der Waals surface area contributed by atoms with Gasteiger partial charge in [-0.15, -0.1) is 23.2 Å². The number of alkyl halides is 2. The lowest BCUT2D eigenvalue weighted by Gasteiger charge is -1.92. The third-order valence-corrected chi connectivity index (χ3v) is 1.19. The lowest BCUT2D eigenvalue weighted by atomic mass is 10.4. The van der Waals surface area contributed by atoms with Gasteiger partial charge in [-0.3, -0.25) is 0 Å². The van der Waals surface area contributed by atoms with E-state index in [4.69, 9.17) is 23.2 Å². The SMILES string of the molecule is C1CNCCNC1.ClCCl. The van der Waals surface area contributed by atoms with E-state index in [1.165, 1.54) is 19.5 Å². The maximum Gasteiger partial charge on any atom is 0.0967 e. The number of nitrogens with one attached hydrogen (secondary N) is 2. The normalized spacial score (nSPS) is 18.6. The van der Waals surface area contributed by atoms with Crippen LogP contribution in [0.15, 0.2) is 0 Å². The predicted octanol–water partition coefficient (Wildman–Crippen LogP) is 0.991. The molecular weight excluding hydrogens is 171 g/mol. The van der Waals surface area contributed by atoms with Crippen molar-refractivity contribution >= 4 is 23.2 Å². The van der Waals surface area contributed by atoms with Gasteiger partial charge < -0.3 is 10.6 Å². The molecule has 1 rings (SSSR count). The molecule has 0 saturated carbocycles. The molecular formula is C6H14Cl2N2. The minimum Gasteiger partial charge on any atom is -0.315 e. The summed E-state index contributed by atoms with van der Waals surface area (Å²) in [5.41, 5.74) is 0. The van der Waals surface area contributed by atoms with Gasteiger partial charge in [-0.1, -0.05) is 0 Å². The van der Waals surface area contributed by atoms with E-state index in [0.29, 0.717) is 0 Å². The third kappa shape index (κ3) is 8.50. The zero-order chi connectivity index (χ0) is 7.66. The summed E-state index contributed by atoms with van der Waals surface area (Å²) in [5, 5.41) is 6.76. The topological polar surface area (TPSA) is 24.1 Å². The Morgan fingerprint density at radius 1 is 0.900 bits per heavy atom. The Labute approximate surface area is 72.3 Å². The predicted molar refractivity (Wildman–Crippen MR) is 46.9 cm³/mol. The number of rotatable bonds is 0. The molecule has 0 atom stereocenters. The van der Waals surface area contributed by atoms with E-state index in [2.05, 4.69) is 10.6 Å². The molecule has 2 nitrogen and oxygen atoms in total. The highest BCUT2D eigenvalue weighted by Crippen LogP contribution is 1.75. The van der Waals surface area contributed by atoms with E-state index in [9.17, 15) is 0 Å². The Bertz CT molecular complexity index is 42.1. The minimum atomic E-state index is 0.194. The van der Waals surface area contributed by atoms with Gasteiger partial charge in [0.15, 0.2) is 0 Å². The van der Waals surface area contributed by atoms with Crippen molar-refractivity contribution in [2.24, 2.45) is 0 Å². The molecule has 0 aromatic heterocycles. The standard InChI is InChI=1S/C5H12N2.CH2Cl2/c1-2-6-4-5-7-3-1;2-1-3/h6-7H,1-5H2;1H2. The Balaban J connectivity index is 0.000000236. The van der Waals surface area contributed by atoms with Crippen LogP contribution >= 0.6 is 23.2 Å². The molecule has 1 fully saturated rings. The Morgan fingerprint density at radius 2 is 1.30 bits per heavy atom. The van der Waals surface area contributed by atoms with E-state index in [0.717, 1.165) is 13.1 Å². The van der Waals surface area contributed by atoms with Crippen molar-refractivity contribution in [1.82, 2.24) is 10.6 Å². The Hall–Kier alpha value is 0.500. The molecule has 1 saturated heterocycles. The van der Waals surface area contributed by atoms with Crippen LogP contribution in [0, 0.1) is 0 Å². The maximum absolute atomic E-state index is 4.76. The van der Waals surface area contributed by atoms with E-state index in [-0.39, 0.29) is 5.34 Å². The summed E-state index contributed by atoms with van der Waals surface area (Å²) in [5.74, 6) is 0. The van der Waals surface area contributed by atoms with Crippen molar-refractivity contribution in [3.8, 4) is 0 Å². The molecule has 10 heavy (non-hydrogen) atoms. The average Bonchev–Trinajstić information content (AvgIpc) is 2.17. The molecule has 0 aromatic carbocycles. The molecule has 1 aliphatic heterocycles. The third-order valence-electron chi connectivity index (χ3n) is 1.19. The highest BCUT2D eigenvalue weighted by molar-refractivity contribution is 6.40. The molecule has 0 spiro atoms. The van der Waals surface area contributed by atoms with Crippen LogP contribution in [0.3, 0.4) is 0 Å².